The van der Waals surface area contributed by atoms with Crippen molar-refractivity contribution in [3.05, 3.63) is 42.5 Å². The van der Waals surface area contributed by atoms with Gasteiger partial charge in [-0.05, 0) is 18.6 Å². The number of imidazole rings is 1. The van der Waals surface area contributed by atoms with E-state index in [1.807, 2.05) is 0 Å². The predicted molar refractivity (Wildman–Crippen MR) is 84.1 cm³/mol. The maximum Gasteiger partial charge on any atom is 0.287 e. The summed E-state index contributed by atoms with van der Waals surface area (Å²) in [6.45, 7) is 0.487. The Balaban J connectivity index is 1.56. The van der Waals surface area contributed by atoms with Crippen molar-refractivity contribution < 1.29 is 17.9 Å². The summed E-state index contributed by atoms with van der Waals surface area (Å²) < 4.78 is 32.9. The molecule has 0 radical (unpaired) electrons. The van der Waals surface area contributed by atoms with Gasteiger partial charge in [0.2, 0.25) is 10.0 Å². The fourth-order valence-corrected chi connectivity index (χ4v) is 4.97. The van der Waals surface area contributed by atoms with Gasteiger partial charge in [0, 0.05) is 25.0 Å². The molecule has 2 aliphatic heterocycles. The van der Waals surface area contributed by atoms with Crippen LogP contribution in [-0.4, -0.2) is 53.8 Å². The highest BCUT2D eigenvalue weighted by atomic mass is 32.2. The predicted octanol–water partition coefficient (Wildman–Crippen LogP) is 0.364. The average Bonchev–Trinajstić information content (AvgIpc) is 3.21. The Morgan fingerprint density at radius 1 is 1.38 bits per heavy atom. The average molecular weight is 348 g/mol. The highest BCUT2D eigenvalue weighted by Gasteiger charge is 2.44. The van der Waals surface area contributed by atoms with E-state index in [4.69, 9.17) is 4.74 Å². The Hall–Kier alpha value is -2.39. The third kappa shape index (κ3) is 2.45. The number of ether oxygens (including phenoxy) is 1. The van der Waals surface area contributed by atoms with Gasteiger partial charge in [0.05, 0.1) is 6.04 Å². The van der Waals surface area contributed by atoms with Crippen LogP contribution < -0.4 is 10.1 Å². The largest absolute Gasteiger partial charge is 0.490 e. The van der Waals surface area contributed by atoms with E-state index in [0.717, 1.165) is 0 Å². The molecule has 2 aliphatic rings. The molecule has 2 atom stereocenters. The Labute approximate surface area is 138 Å². The summed E-state index contributed by atoms with van der Waals surface area (Å²) in [4.78, 5) is 18.9. The van der Waals surface area contributed by atoms with E-state index in [0.29, 0.717) is 12.2 Å². The number of hydrogen-bond donors (Lipinski definition) is 2. The van der Waals surface area contributed by atoms with Crippen LogP contribution in [0.5, 0.6) is 5.75 Å². The smallest absolute Gasteiger partial charge is 0.287 e. The zero-order valence-electron chi connectivity index (χ0n) is 12.7. The molecule has 8 nitrogen and oxygen atoms in total. The molecule has 3 heterocycles. The van der Waals surface area contributed by atoms with Crippen LogP contribution in [0, 0.1) is 0 Å². The first-order valence-electron chi connectivity index (χ1n) is 7.59. The molecule has 9 heteroatoms. The summed E-state index contributed by atoms with van der Waals surface area (Å²) in [6.07, 6.45) is 3.55. The molecule has 1 fully saturated rings. The number of hydrogen-bond acceptors (Lipinski definition) is 5. The van der Waals surface area contributed by atoms with Crippen molar-refractivity contribution in [1.29, 1.82) is 0 Å². The first kappa shape index (κ1) is 15.2. The molecular formula is C15H16N4O4S. The van der Waals surface area contributed by atoms with Gasteiger partial charge < -0.3 is 15.0 Å². The van der Waals surface area contributed by atoms with Crippen LogP contribution in [0.15, 0.2) is 41.6 Å². The lowest BCUT2D eigenvalue weighted by Gasteiger charge is -2.19. The summed E-state index contributed by atoms with van der Waals surface area (Å²) >= 11 is 0. The van der Waals surface area contributed by atoms with Crippen molar-refractivity contribution in [2.45, 2.75) is 23.4 Å². The number of H-pyrrole nitrogens is 1. The van der Waals surface area contributed by atoms with E-state index in [2.05, 4.69) is 15.3 Å². The van der Waals surface area contributed by atoms with Gasteiger partial charge in [0.25, 0.3) is 5.91 Å². The molecule has 126 valence electrons. The number of benzene rings is 1. The number of sulfonamides is 1. The summed E-state index contributed by atoms with van der Waals surface area (Å²) in [6, 6.07) is 6.04. The van der Waals surface area contributed by atoms with Gasteiger partial charge in [-0.25, -0.2) is 13.4 Å². The van der Waals surface area contributed by atoms with Crippen molar-refractivity contribution in [2.24, 2.45) is 0 Å². The SMILES string of the molecule is O=C(N[C@H]1C[C@H]2COc3ccccc3S(=O)(=O)N2C1)c1ncc[nH]1. The molecule has 1 saturated heterocycles. The Morgan fingerprint density at radius 2 is 2.21 bits per heavy atom. The third-order valence-corrected chi connectivity index (χ3v) is 6.24. The van der Waals surface area contributed by atoms with E-state index in [1.54, 1.807) is 30.5 Å². The molecule has 1 aromatic heterocycles. The standard InChI is InChI=1S/C15H16N4O4S/c20-15(14-16-5-6-17-14)18-10-7-11-9-23-12-3-1-2-4-13(12)24(21,22)19(11)8-10/h1-6,10-11H,7-9H2,(H,16,17)(H,18,20)/t10-,11-/m0/s1. The van der Waals surface area contributed by atoms with Gasteiger partial charge in [-0.1, -0.05) is 12.1 Å². The van der Waals surface area contributed by atoms with Crippen LogP contribution in [0.3, 0.4) is 0 Å². The van der Waals surface area contributed by atoms with E-state index in [9.17, 15) is 13.2 Å². The van der Waals surface area contributed by atoms with Gasteiger partial charge >= 0.3 is 0 Å². The molecule has 4 rings (SSSR count). The highest BCUT2D eigenvalue weighted by molar-refractivity contribution is 7.89. The fraction of sp³-hybridized carbons (Fsp3) is 0.333. The lowest BCUT2D eigenvalue weighted by Crippen LogP contribution is -2.39. The molecule has 0 bridgehead atoms. The fourth-order valence-electron chi connectivity index (χ4n) is 3.17. The lowest BCUT2D eigenvalue weighted by atomic mass is 10.2. The van der Waals surface area contributed by atoms with Crippen molar-refractivity contribution in [3.63, 3.8) is 0 Å². The van der Waals surface area contributed by atoms with Gasteiger partial charge in [0.1, 0.15) is 17.3 Å². The zero-order valence-corrected chi connectivity index (χ0v) is 13.5. The van der Waals surface area contributed by atoms with E-state index in [1.165, 1.54) is 10.5 Å². The monoisotopic (exact) mass is 348 g/mol. The van der Waals surface area contributed by atoms with Gasteiger partial charge in [0.15, 0.2) is 5.82 Å². The van der Waals surface area contributed by atoms with E-state index < -0.39 is 10.0 Å². The summed E-state index contributed by atoms with van der Waals surface area (Å²) in [5.74, 6) is 0.242. The maximum atomic E-state index is 12.9. The second-order valence-electron chi connectivity index (χ2n) is 5.83. The number of aromatic amines is 1. The first-order chi connectivity index (χ1) is 11.6. The Bertz CT molecular complexity index is 865. The van der Waals surface area contributed by atoms with Crippen molar-refractivity contribution in [3.8, 4) is 5.75 Å². The van der Waals surface area contributed by atoms with Crippen molar-refractivity contribution in [2.75, 3.05) is 13.2 Å². The van der Waals surface area contributed by atoms with Crippen LogP contribution in [0.2, 0.25) is 0 Å². The molecule has 1 amide bonds. The number of aromatic nitrogens is 2. The second kappa shape index (κ2) is 5.60. The Morgan fingerprint density at radius 3 is 3.00 bits per heavy atom. The molecule has 2 aromatic rings. The zero-order chi connectivity index (χ0) is 16.7. The van der Waals surface area contributed by atoms with Gasteiger partial charge in [-0.2, -0.15) is 4.31 Å². The number of carbonyl (C=O) groups excluding carboxylic acids is 1. The first-order valence-corrected chi connectivity index (χ1v) is 9.03. The summed E-state index contributed by atoms with van der Waals surface area (Å²) in [5.41, 5.74) is 0. The Kier molecular flexibility index (Phi) is 3.54. The topological polar surface area (TPSA) is 104 Å². The van der Waals surface area contributed by atoms with Crippen LogP contribution in [0.25, 0.3) is 0 Å². The number of fused-ring (bicyclic) bond motifs is 2. The molecular weight excluding hydrogens is 332 g/mol. The number of rotatable bonds is 2. The normalized spacial score (nSPS) is 25.2. The maximum absolute atomic E-state index is 12.9. The number of nitrogens with one attached hydrogen (secondary N) is 2. The minimum Gasteiger partial charge on any atom is -0.490 e. The molecule has 24 heavy (non-hydrogen) atoms. The third-order valence-electron chi connectivity index (χ3n) is 4.28. The number of nitrogens with zero attached hydrogens (tertiary/aromatic N) is 2. The minimum atomic E-state index is -3.64. The molecule has 0 saturated carbocycles. The number of amides is 1. The van der Waals surface area contributed by atoms with E-state index >= 15 is 0 Å². The van der Waals surface area contributed by atoms with Crippen molar-refractivity contribution >= 4 is 15.9 Å². The number of para-hydroxylation sites is 1. The van der Waals surface area contributed by atoms with Crippen molar-refractivity contribution in [1.82, 2.24) is 19.6 Å². The van der Waals surface area contributed by atoms with E-state index in [-0.39, 0.29) is 41.9 Å². The van der Waals surface area contributed by atoms with Crippen LogP contribution in [-0.2, 0) is 10.0 Å². The highest BCUT2D eigenvalue weighted by Crippen LogP contribution is 2.35. The summed E-state index contributed by atoms with van der Waals surface area (Å²) in [7, 11) is -3.64. The lowest BCUT2D eigenvalue weighted by molar-refractivity contribution is 0.0929. The minimum absolute atomic E-state index is 0.172. The number of carbonyl (C=O) groups is 1. The molecule has 0 unspecified atom stereocenters. The quantitative estimate of drug-likeness (QED) is 0.816. The molecule has 0 aliphatic carbocycles. The molecule has 0 spiro atoms. The van der Waals surface area contributed by atoms with Gasteiger partial charge in [-0.15, -0.1) is 0 Å². The van der Waals surface area contributed by atoms with Gasteiger partial charge in [-0.3, -0.25) is 4.79 Å². The molecule has 2 N–H and O–H groups in total. The van der Waals surface area contributed by atoms with Crippen LogP contribution >= 0.6 is 0 Å². The summed E-state index contributed by atoms with van der Waals surface area (Å²) in [5, 5.41) is 2.83. The second-order valence-corrected chi connectivity index (χ2v) is 7.69. The van der Waals surface area contributed by atoms with Crippen LogP contribution in [0.1, 0.15) is 17.0 Å². The van der Waals surface area contributed by atoms with Crippen LogP contribution in [0.4, 0.5) is 0 Å². The molecule has 1 aromatic carbocycles.